The molecular weight excluding hydrogens is 427 g/mol. The number of sulfonamides is 1. The standard InChI is InChI=1S/C18H31BN4O7S/c1-21-15(5-2-3-11-20)17(24)23-16(18(25)26)6-4-12-22-31(29,30)14-9-7-13(8-10-14)19(27)28/h7-10,15-16,21-22,27-28H,2-6,11-12,20H2,1H3,(H,23,24)(H,25,26). The average Bonchev–Trinajstić information content (AvgIpc) is 2.73. The number of likely N-dealkylation sites (N-methyl/N-ethyl adjacent to an activating group) is 1. The highest BCUT2D eigenvalue weighted by atomic mass is 32.2. The Morgan fingerprint density at radius 1 is 1.06 bits per heavy atom. The number of aliphatic carboxylic acids is 1. The Labute approximate surface area is 182 Å². The molecule has 174 valence electrons. The monoisotopic (exact) mass is 458 g/mol. The van der Waals surface area contributed by atoms with E-state index in [0.29, 0.717) is 13.0 Å². The van der Waals surface area contributed by atoms with E-state index in [9.17, 15) is 23.1 Å². The first-order valence-corrected chi connectivity index (χ1v) is 11.5. The van der Waals surface area contributed by atoms with Crippen molar-refractivity contribution >= 4 is 34.5 Å². The lowest BCUT2D eigenvalue weighted by atomic mass is 9.81. The van der Waals surface area contributed by atoms with Gasteiger partial charge in [0.1, 0.15) is 6.04 Å². The van der Waals surface area contributed by atoms with Gasteiger partial charge in [-0.05, 0) is 56.9 Å². The van der Waals surface area contributed by atoms with E-state index in [2.05, 4.69) is 15.4 Å². The minimum Gasteiger partial charge on any atom is -0.480 e. The van der Waals surface area contributed by atoms with Crippen molar-refractivity contribution in [1.29, 1.82) is 0 Å². The van der Waals surface area contributed by atoms with Gasteiger partial charge in [0, 0.05) is 6.54 Å². The molecule has 1 aromatic rings. The molecule has 0 aliphatic carbocycles. The summed E-state index contributed by atoms with van der Waals surface area (Å²) in [5.41, 5.74) is 5.59. The second-order valence-electron chi connectivity index (χ2n) is 7.01. The molecule has 11 nitrogen and oxygen atoms in total. The van der Waals surface area contributed by atoms with Gasteiger partial charge in [0.2, 0.25) is 15.9 Å². The third-order valence-electron chi connectivity index (χ3n) is 4.68. The smallest absolute Gasteiger partial charge is 0.480 e. The van der Waals surface area contributed by atoms with Gasteiger partial charge >= 0.3 is 13.1 Å². The van der Waals surface area contributed by atoms with Crippen molar-refractivity contribution in [2.24, 2.45) is 5.73 Å². The lowest BCUT2D eigenvalue weighted by Gasteiger charge is -2.20. The van der Waals surface area contributed by atoms with Crippen molar-refractivity contribution in [3.63, 3.8) is 0 Å². The minimum absolute atomic E-state index is 0.0294. The van der Waals surface area contributed by atoms with Gasteiger partial charge in [-0.25, -0.2) is 17.9 Å². The van der Waals surface area contributed by atoms with Crippen molar-refractivity contribution in [3.8, 4) is 0 Å². The van der Waals surface area contributed by atoms with E-state index < -0.39 is 41.1 Å². The van der Waals surface area contributed by atoms with Crippen LogP contribution >= 0.6 is 0 Å². The molecule has 13 heteroatoms. The average molecular weight is 458 g/mol. The minimum atomic E-state index is -3.84. The van der Waals surface area contributed by atoms with Crippen LogP contribution in [0.25, 0.3) is 0 Å². The first kappa shape index (κ1) is 27.0. The van der Waals surface area contributed by atoms with Crippen LogP contribution in [0.1, 0.15) is 32.1 Å². The zero-order valence-electron chi connectivity index (χ0n) is 17.5. The maximum atomic E-state index is 12.3. The number of carbonyl (C=O) groups excluding carboxylic acids is 1. The zero-order chi connectivity index (χ0) is 23.4. The Kier molecular flexibility index (Phi) is 11.7. The molecule has 0 radical (unpaired) electrons. The largest absolute Gasteiger partial charge is 0.488 e. The normalized spacial score (nSPS) is 13.4. The number of nitrogens with one attached hydrogen (secondary N) is 3. The molecule has 0 fully saturated rings. The Hall–Kier alpha value is -2.03. The second-order valence-corrected chi connectivity index (χ2v) is 8.77. The maximum Gasteiger partial charge on any atom is 0.488 e. The highest BCUT2D eigenvalue weighted by Crippen LogP contribution is 2.08. The van der Waals surface area contributed by atoms with Crippen molar-refractivity contribution < 1.29 is 33.2 Å². The fraction of sp³-hybridized carbons (Fsp3) is 0.556. The van der Waals surface area contributed by atoms with E-state index in [0.717, 1.165) is 12.8 Å². The molecule has 0 spiro atoms. The Bertz CT molecular complexity index is 806. The van der Waals surface area contributed by atoms with E-state index >= 15 is 0 Å². The molecule has 1 rings (SSSR count). The van der Waals surface area contributed by atoms with Crippen molar-refractivity contribution in [2.75, 3.05) is 20.1 Å². The van der Waals surface area contributed by atoms with E-state index in [1.165, 1.54) is 24.3 Å². The number of hydrogen-bond acceptors (Lipinski definition) is 8. The van der Waals surface area contributed by atoms with E-state index in [1.807, 2.05) is 0 Å². The lowest BCUT2D eigenvalue weighted by molar-refractivity contribution is -0.142. The summed E-state index contributed by atoms with van der Waals surface area (Å²) in [6.07, 6.45) is 2.24. The number of nitrogens with two attached hydrogens (primary N) is 1. The Balaban J connectivity index is 2.56. The number of unbranched alkanes of at least 4 members (excludes halogenated alkanes) is 1. The van der Waals surface area contributed by atoms with Gasteiger partial charge in [0.05, 0.1) is 10.9 Å². The van der Waals surface area contributed by atoms with Crippen LogP contribution < -0.4 is 26.6 Å². The summed E-state index contributed by atoms with van der Waals surface area (Å²) in [7, 11) is -3.92. The highest BCUT2D eigenvalue weighted by molar-refractivity contribution is 7.89. The van der Waals surface area contributed by atoms with Gasteiger partial charge in [-0.15, -0.1) is 0 Å². The maximum absolute atomic E-state index is 12.3. The number of carboxylic acids is 1. The molecule has 8 N–H and O–H groups in total. The number of hydrogen-bond donors (Lipinski definition) is 7. The summed E-state index contributed by atoms with van der Waals surface area (Å²) in [4.78, 5) is 23.7. The molecule has 2 unspecified atom stereocenters. The molecule has 0 heterocycles. The molecule has 31 heavy (non-hydrogen) atoms. The van der Waals surface area contributed by atoms with E-state index in [-0.39, 0.29) is 29.7 Å². The van der Waals surface area contributed by atoms with Crippen molar-refractivity contribution in [3.05, 3.63) is 24.3 Å². The summed E-state index contributed by atoms with van der Waals surface area (Å²) in [5.74, 6) is -1.63. The molecule has 1 amide bonds. The van der Waals surface area contributed by atoms with Crippen LogP contribution in [0.15, 0.2) is 29.2 Å². The van der Waals surface area contributed by atoms with Crippen LogP contribution in [0.4, 0.5) is 0 Å². The molecule has 0 aliphatic heterocycles. The van der Waals surface area contributed by atoms with Gasteiger partial charge in [-0.1, -0.05) is 18.6 Å². The predicted molar refractivity (Wildman–Crippen MR) is 116 cm³/mol. The van der Waals surface area contributed by atoms with E-state index in [4.69, 9.17) is 15.8 Å². The number of rotatable bonds is 15. The molecule has 2 atom stereocenters. The topological polar surface area (TPSA) is 191 Å². The second kappa shape index (κ2) is 13.4. The van der Waals surface area contributed by atoms with Gasteiger partial charge < -0.3 is 31.5 Å². The fourth-order valence-corrected chi connectivity index (χ4v) is 3.92. The summed E-state index contributed by atoms with van der Waals surface area (Å²) < 4.78 is 26.9. The summed E-state index contributed by atoms with van der Waals surface area (Å²) in [6.45, 7) is 0.484. The van der Waals surface area contributed by atoms with Crippen molar-refractivity contribution in [1.82, 2.24) is 15.4 Å². The zero-order valence-corrected chi connectivity index (χ0v) is 18.3. The SMILES string of the molecule is CNC(CCCCN)C(=O)NC(CCCNS(=O)(=O)c1ccc(B(O)O)cc1)C(=O)O. The first-order chi connectivity index (χ1) is 14.6. The van der Waals surface area contributed by atoms with Crippen LogP contribution in [0.2, 0.25) is 0 Å². The summed E-state index contributed by atoms with van der Waals surface area (Å²) in [5, 5.41) is 32.8. The number of carbonyl (C=O) groups is 2. The third-order valence-corrected chi connectivity index (χ3v) is 6.15. The summed E-state index contributed by atoms with van der Waals surface area (Å²) in [6, 6.07) is 3.35. The fourth-order valence-electron chi connectivity index (χ4n) is 2.84. The molecule has 0 saturated heterocycles. The first-order valence-electron chi connectivity index (χ1n) is 9.98. The van der Waals surface area contributed by atoms with Crippen LogP contribution in [-0.4, -0.2) is 74.8 Å². The third kappa shape index (κ3) is 9.33. The Morgan fingerprint density at radius 3 is 2.19 bits per heavy atom. The predicted octanol–water partition coefficient (Wildman–Crippen LogP) is -2.29. The van der Waals surface area contributed by atoms with Gasteiger partial charge in [0.25, 0.3) is 0 Å². The van der Waals surface area contributed by atoms with Gasteiger partial charge in [-0.2, -0.15) is 0 Å². The molecular formula is C18H31BN4O7S. The van der Waals surface area contributed by atoms with E-state index in [1.54, 1.807) is 7.05 Å². The van der Waals surface area contributed by atoms with Crippen molar-refractivity contribution in [2.45, 2.75) is 49.1 Å². The molecule has 0 aromatic heterocycles. The number of carboxylic acid groups (broad SMARTS) is 1. The van der Waals surface area contributed by atoms with Gasteiger partial charge in [-0.3, -0.25) is 4.79 Å². The highest BCUT2D eigenvalue weighted by Gasteiger charge is 2.24. The van der Waals surface area contributed by atoms with Crippen LogP contribution in [0.3, 0.4) is 0 Å². The summed E-state index contributed by atoms with van der Waals surface area (Å²) >= 11 is 0. The molecule has 0 bridgehead atoms. The van der Waals surface area contributed by atoms with Crippen LogP contribution in [0, 0.1) is 0 Å². The number of amides is 1. The van der Waals surface area contributed by atoms with Gasteiger partial charge in [0.15, 0.2) is 0 Å². The van der Waals surface area contributed by atoms with Crippen LogP contribution in [-0.2, 0) is 19.6 Å². The van der Waals surface area contributed by atoms with Crippen LogP contribution in [0.5, 0.6) is 0 Å². The number of benzene rings is 1. The molecule has 0 saturated carbocycles. The lowest BCUT2D eigenvalue weighted by Crippen LogP contribution is -2.49. The Morgan fingerprint density at radius 2 is 1.68 bits per heavy atom. The quantitative estimate of drug-likeness (QED) is 0.112. The molecule has 0 aliphatic rings. The molecule has 1 aromatic carbocycles.